The van der Waals surface area contributed by atoms with Gasteiger partial charge in [0.1, 0.15) is 12.4 Å². The van der Waals surface area contributed by atoms with E-state index in [1.54, 1.807) is 23.1 Å². The summed E-state index contributed by atoms with van der Waals surface area (Å²) in [6.07, 6.45) is 2.45. The number of fused-ring (bicyclic) bond motifs is 1. The number of amides is 1. The Morgan fingerprint density at radius 3 is 2.75 bits per heavy atom. The highest BCUT2D eigenvalue weighted by molar-refractivity contribution is 5.90. The molecule has 2 aliphatic rings. The van der Waals surface area contributed by atoms with Gasteiger partial charge >= 0.3 is 5.97 Å². The van der Waals surface area contributed by atoms with Crippen LogP contribution in [0.1, 0.15) is 42.1 Å². The van der Waals surface area contributed by atoms with Crippen molar-refractivity contribution in [2.24, 2.45) is 5.41 Å². The third-order valence-corrected chi connectivity index (χ3v) is 5.17. The van der Waals surface area contributed by atoms with Crippen molar-refractivity contribution in [2.75, 3.05) is 20.3 Å². The maximum Gasteiger partial charge on any atom is 0.337 e. The van der Waals surface area contributed by atoms with E-state index in [2.05, 4.69) is 0 Å². The van der Waals surface area contributed by atoms with E-state index in [0.29, 0.717) is 24.5 Å². The summed E-state index contributed by atoms with van der Waals surface area (Å²) in [7, 11) is 1.34. The fourth-order valence-electron chi connectivity index (χ4n) is 3.32. The average Bonchev–Trinajstić information content (AvgIpc) is 2.72. The molecule has 24 heavy (non-hydrogen) atoms. The summed E-state index contributed by atoms with van der Waals surface area (Å²) in [6.45, 7) is 2.60. The third kappa shape index (κ3) is 2.75. The summed E-state index contributed by atoms with van der Waals surface area (Å²) in [6, 6.07) is 5.03. The van der Waals surface area contributed by atoms with E-state index < -0.39 is 11.4 Å². The van der Waals surface area contributed by atoms with Gasteiger partial charge in [-0.05, 0) is 31.9 Å². The molecular formula is C18H23NO5. The second-order valence-electron chi connectivity index (χ2n) is 6.70. The van der Waals surface area contributed by atoms with Gasteiger partial charge in [0.05, 0.1) is 30.7 Å². The van der Waals surface area contributed by atoms with Crippen LogP contribution in [0.3, 0.4) is 0 Å². The highest BCUT2D eigenvalue weighted by Crippen LogP contribution is 2.43. The third-order valence-electron chi connectivity index (χ3n) is 5.17. The minimum Gasteiger partial charge on any atom is -0.491 e. The molecule has 0 saturated heterocycles. The second kappa shape index (κ2) is 6.43. The molecule has 1 aromatic carbocycles. The SMILES string of the molecule is COC(=O)c1ccc2c(c1)OC[C@H](C)N(C(=O)C1(CO)CCC1)C2. The standard InChI is InChI=1S/C18H23NO5/c1-12-10-24-15-8-13(16(21)23-2)4-5-14(15)9-19(12)17(22)18(11-20)6-3-7-18/h4-5,8,12,20H,3,6-7,9-11H2,1-2H3/t12-/m0/s1. The van der Waals surface area contributed by atoms with Crippen LogP contribution in [-0.2, 0) is 16.1 Å². The maximum absolute atomic E-state index is 13.0. The van der Waals surface area contributed by atoms with E-state index in [1.165, 1.54) is 7.11 Å². The van der Waals surface area contributed by atoms with Gasteiger partial charge in [0, 0.05) is 12.1 Å². The Bertz CT molecular complexity index is 647. The largest absolute Gasteiger partial charge is 0.491 e. The molecule has 0 aromatic heterocycles. The summed E-state index contributed by atoms with van der Waals surface area (Å²) in [5.41, 5.74) is 0.660. The van der Waals surface area contributed by atoms with E-state index in [-0.39, 0.29) is 18.6 Å². The number of aliphatic hydroxyl groups is 1. The molecule has 1 heterocycles. The molecule has 130 valence electrons. The number of benzene rings is 1. The maximum atomic E-state index is 13.0. The Morgan fingerprint density at radius 1 is 1.42 bits per heavy atom. The zero-order valence-electron chi connectivity index (χ0n) is 14.1. The lowest BCUT2D eigenvalue weighted by atomic mass is 9.68. The molecule has 0 unspecified atom stereocenters. The summed E-state index contributed by atoms with van der Waals surface area (Å²) >= 11 is 0. The van der Waals surface area contributed by atoms with Crippen molar-refractivity contribution in [3.8, 4) is 5.75 Å². The highest BCUT2D eigenvalue weighted by Gasteiger charge is 2.47. The predicted octanol–water partition coefficient (Wildman–Crippen LogP) is 1.75. The predicted molar refractivity (Wildman–Crippen MR) is 86.7 cm³/mol. The lowest BCUT2D eigenvalue weighted by Gasteiger charge is -2.43. The highest BCUT2D eigenvalue weighted by atomic mass is 16.5. The molecule has 6 nitrogen and oxygen atoms in total. The van der Waals surface area contributed by atoms with Gasteiger partial charge in [-0.3, -0.25) is 4.79 Å². The molecule has 1 fully saturated rings. The van der Waals surface area contributed by atoms with Crippen molar-refractivity contribution >= 4 is 11.9 Å². The Hall–Kier alpha value is -2.08. The van der Waals surface area contributed by atoms with Crippen LogP contribution in [0.25, 0.3) is 0 Å². The quantitative estimate of drug-likeness (QED) is 0.853. The topological polar surface area (TPSA) is 76.1 Å². The first-order valence-electron chi connectivity index (χ1n) is 8.27. The molecule has 1 amide bonds. The molecule has 0 radical (unpaired) electrons. The molecule has 0 bridgehead atoms. The van der Waals surface area contributed by atoms with Crippen LogP contribution >= 0.6 is 0 Å². The number of carbonyl (C=O) groups is 2. The Kier molecular flexibility index (Phi) is 4.49. The van der Waals surface area contributed by atoms with Gasteiger partial charge in [-0.15, -0.1) is 0 Å². The number of rotatable bonds is 3. The number of esters is 1. The van der Waals surface area contributed by atoms with E-state index >= 15 is 0 Å². The summed E-state index contributed by atoms with van der Waals surface area (Å²) in [4.78, 5) is 26.4. The molecule has 6 heteroatoms. The number of methoxy groups -OCH3 is 1. The molecule has 1 aliphatic heterocycles. The Morgan fingerprint density at radius 2 is 2.17 bits per heavy atom. The smallest absolute Gasteiger partial charge is 0.337 e. The van der Waals surface area contributed by atoms with E-state index in [9.17, 15) is 14.7 Å². The minimum atomic E-state index is -0.620. The zero-order valence-corrected chi connectivity index (χ0v) is 14.1. The Labute approximate surface area is 141 Å². The van der Waals surface area contributed by atoms with Gasteiger partial charge < -0.3 is 19.5 Å². The van der Waals surface area contributed by atoms with Gasteiger partial charge in [-0.25, -0.2) is 4.79 Å². The summed E-state index contributed by atoms with van der Waals surface area (Å²) in [5.74, 6) is 0.185. The Balaban J connectivity index is 1.87. The van der Waals surface area contributed by atoms with E-state index in [0.717, 1.165) is 24.8 Å². The summed E-state index contributed by atoms with van der Waals surface area (Å²) in [5, 5.41) is 9.68. The number of hydrogen-bond donors (Lipinski definition) is 1. The van der Waals surface area contributed by atoms with Crippen molar-refractivity contribution in [1.29, 1.82) is 0 Å². The van der Waals surface area contributed by atoms with Crippen molar-refractivity contribution in [3.05, 3.63) is 29.3 Å². The first-order chi connectivity index (χ1) is 11.5. The first kappa shape index (κ1) is 16.8. The van der Waals surface area contributed by atoms with Crippen LogP contribution < -0.4 is 4.74 Å². The fourth-order valence-corrected chi connectivity index (χ4v) is 3.32. The van der Waals surface area contributed by atoms with E-state index in [1.807, 2.05) is 6.92 Å². The van der Waals surface area contributed by atoms with Gasteiger partial charge in [-0.2, -0.15) is 0 Å². The first-order valence-corrected chi connectivity index (χ1v) is 8.27. The van der Waals surface area contributed by atoms with Crippen LogP contribution in [0.4, 0.5) is 0 Å². The molecule has 0 spiro atoms. The molecule has 1 aliphatic carbocycles. The molecule has 1 N–H and O–H groups in total. The van der Waals surface area contributed by atoms with Crippen LogP contribution in [0.15, 0.2) is 18.2 Å². The van der Waals surface area contributed by atoms with Crippen LogP contribution in [0, 0.1) is 5.41 Å². The van der Waals surface area contributed by atoms with Crippen molar-refractivity contribution < 1.29 is 24.2 Å². The number of ether oxygens (including phenoxy) is 2. The summed E-state index contributed by atoms with van der Waals surface area (Å²) < 4.78 is 10.5. The monoisotopic (exact) mass is 333 g/mol. The van der Waals surface area contributed by atoms with Gasteiger partial charge in [0.2, 0.25) is 5.91 Å². The van der Waals surface area contributed by atoms with Gasteiger partial charge in [-0.1, -0.05) is 12.5 Å². The zero-order chi connectivity index (χ0) is 17.3. The molecule has 3 rings (SSSR count). The second-order valence-corrected chi connectivity index (χ2v) is 6.70. The van der Waals surface area contributed by atoms with Gasteiger partial charge in [0.15, 0.2) is 0 Å². The number of hydrogen-bond acceptors (Lipinski definition) is 5. The van der Waals surface area contributed by atoms with Gasteiger partial charge in [0.25, 0.3) is 0 Å². The number of carbonyl (C=O) groups excluding carboxylic acids is 2. The lowest BCUT2D eigenvalue weighted by Crippen LogP contribution is -2.53. The van der Waals surface area contributed by atoms with Crippen molar-refractivity contribution in [2.45, 2.75) is 38.8 Å². The molecular weight excluding hydrogens is 310 g/mol. The average molecular weight is 333 g/mol. The normalized spacial score (nSPS) is 21.8. The van der Waals surface area contributed by atoms with Crippen LogP contribution in [-0.4, -0.2) is 48.2 Å². The fraction of sp³-hybridized carbons (Fsp3) is 0.556. The molecule has 1 saturated carbocycles. The minimum absolute atomic E-state index is 0.00255. The molecule has 1 atom stereocenters. The number of nitrogens with zero attached hydrogens (tertiary/aromatic N) is 1. The lowest BCUT2D eigenvalue weighted by molar-refractivity contribution is -0.154. The van der Waals surface area contributed by atoms with E-state index in [4.69, 9.17) is 9.47 Å². The van der Waals surface area contributed by atoms with Crippen molar-refractivity contribution in [1.82, 2.24) is 4.90 Å². The van der Waals surface area contributed by atoms with Crippen molar-refractivity contribution in [3.63, 3.8) is 0 Å². The van der Waals surface area contributed by atoms with Crippen LogP contribution in [0.5, 0.6) is 5.75 Å². The number of aliphatic hydroxyl groups excluding tert-OH is 1. The molecule has 1 aromatic rings. The van der Waals surface area contributed by atoms with Crippen LogP contribution in [0.2, 0.25) is 0 Å².